The average Bonchev–Trinajstić information content (AvgIpc) is 3.13. The third kappa shape index (κ3) is 4.73. The van der Waals surface area contributed by atoms with Crippen molar-refractivity contribution in [2.75, 3.05) is 6.61 Å². The molecule has 0 spiro atoms. The molecule has 4 aromatic rings. The lowest BCUT2D eigenvalue weighted by Crippen LogP contribution is -2.17. The number of ketones is 1. The van der Waals surface area contributed by atoms with E-state index in [2.05, 4.69) is 6.07 Å². The number of aryl methyl sites for hydroxylation is 1. The first kappa shape index (κ1) is 20.6. The highest BCUT2D eigenvalue weighted by Crippen LogP contribution is 2.21. The second-order valence-corrected chi connectivity index (χ2v) is 8.04. The summed E-state index contributed by atoms with van der Waals surface area (Å²) in [6.07, 6.45) is 1.22. The smallest absolute Gasteiger partial charge is 0.308 e. The summed E-state index contributed by atoms with van der Waals surface area (Å²) >= 11 is 1.13. The minimum atomic E-state index is -0.0743. The minimum Gasteiger partial charge on any atom is -0.492 e. The molecule has 0 aliphatic rings. The van der Waals surface area contributed by atoms with Crippen LogP contribution in [0.2, 0.25) is 0 Å². The van der Waals surface area contributed by atoms with Crippen molar-refractivity contribution in [3.8, 4) is 11.8 Å². The van der Waals surface area contributed by atoms with Crippen LogP contribution in [-0.4, -0.2) is 17.0 Å². The summed E-state index contributed by atoms with van der Waals surface area (Å²) in [4.78, 5) is 25.1. The van der Waals surface area contributed by atoms with Crippen LogP contribution in [0.25, 0.3) is 10.2 Å². The maximum atomic E-state index is 12.7. The van der Waals surface area contributed by atoms with Gasteiger partial charge in [0.05, 0.1) is 22.8 Å². The third-order valence-corrected chi connectivity index (χ3v) is 5.94. The maximum Gasteiger partial charge on any atom is 0.308 e. The SMILES string of the molecule is N#CCCc1ccc(OCCn2c(=O)sc3cc(C(=O)c4ccccc4)ccc32)cc1. The van der Waals surface area contributed by atoms with Gasteiger partial charge in [-0.25, -0.2) is 0 Å². The van der Waals surface area contributed by atoms with Gasteiger partial charge in [0.25, 0.3) is 0 Å². The minimum absolute atomic E-state index is 0.0588. The van der Waals surface area contributed by atoms with Crippen LogP contribution in [0, 0.1) is 11.3 Å². The molecule has 3 aromatic carbocycles. The lowest BCUT2D eigenvalue weighted by Gasteiger charge is -2.08. The fourth-order valence-corrected chi connectivity index (χ4v) is 4.34. The molecule has 31 heavy (non-hydrogen) atoms. The van der Waals surface area contributed by atoms with Crippen molar-refractivity contribution in [3.05, 3.63) is 99.2 Å². The molecular weight excluding hydrogens is 408 g/mol. The van der Waals surface area contributed by atoms with Crippen LogP contribution in [-0.2, 0) is 13.0 Å². The zero-order valence-corrected chi connectivity index (χ0v) is 17.6. The number of carbonyl (C=O) groups is 1. The van der Waals surface area contributed by atoms with E-state index in [1.54, 1.807) is 28.8 Å². The predicted molar refractivity (Wildman–Crippen MR) is 122 cm³/mol. The summed E-state index contributed by atoms with van der Waals surface area (Å²) < 4.78 is 8.25. The van der Waals surface area contributed by atoms with Crippen LogP contribution in [0.3, 0.4) is 0 Å². The molecule has 0 fully saturated rings. The van der Waals surface area contributed by atoms with Gasteiger partial charge in [0.2, 0.25) is 0 Å². The summed E-state index contributed by atoms with van der Waals surface area (Å²) in [5.74, 6) is 0.667. The van der Waals surface area contributed by atoms with Crippen LogP contribution in [0.5, 0.6) is 5.75 Å². The van der Waals surface area contributed by atoms with E-state index >= 15 is 0 Å². The second-order valence-electron chi connectivity index (χ2n) is 7.05. The number of nitriles is 1. The van der Waals surface area contributed by atoms with Gasteiger partial charge in [-0.15, -0.1) is 0 Å². The van der Waals surface area contributed by atoms with Crippen molar-refractivity contribution >= 4 is 27.3 Å². The molecule has 0 radical (unpaired) electrons. The molecule has 0 atom stereocenters. The largest absolute Gasteiger partial charge is 0.492 e. The highest BCUT2D eigenvalue weighted by Gasteiger charge is 2.13. The summed E-state index contributed by atoms with van der Waals surface area (Å²) in [5.41, 5.74) is 3.09. The van der Waals surface area contributed by atoms with Gasteiger partial charge in [0.15, 0.2) is 5.78 Å². The molecule has 0 saturated carbocycles. The van der Waals surface area contributed by atoms with E-state index < -0.39 is 0 Å². The molecule has 6 heteroatoms. The van der Waals surface area contributed by atoms with Gasteiger partial charge in [-0.05, 0) is 42.3 Å². The number of ether oxygens (including phenoxy) is 1. The number of benzene rings is 3. The summed E-state index contributed by atoms with van der Waals surface area (Å²) in [5, 5.41) is 8.66. The molecule has 0 saturated heterocycles. The highest BCUT2D eigenvalue weighted by molar-refractivity contribution is 7.16. The van der Waals surface area contributed by atoms with Gasteiger partial charge in [-0.2, -0.15) is 5.26 Å². The standard InChI is InChI=1S/C25H20N2O3S/c26-14-4-5-18-8-11-21(12-9-18)30-16-15-27-22-13-10-20(17-23(22)31-25(27)29)24(28)19-6-2-1-3-7-19/h1-3,6-13,17H,4-5,15-16H2. The summed E-state index contributed by atoms with van der Waals surface area (Å²) in [6, 6.07) is 24.3. The monoisotopic (exact) mass is 428 g/mol. The van der Waals surface area contributed by atoms with Crippen molar-refractivity contribution in [1.29, 1.82) is 5.26 Å². The van der Waals surface area contributed by atoms with Crippen molar-refractivity contribution in [2.45, 2.75) is 19.4 Å². The van der Waals surface area contributed by atoms with Crippen molar-refractivity contribution in [3.63, 3.8) is 0 Å². The van der Waals surface area contributed by atoms with Gasteiger partial charge < -0.3 is 4.74 Å². The number of fused-ring (bicyclic) bond motifs is 1. The first-order valence-corrected chi connectivity index (χ1v) is 10.8. The van der Waals surface area contributed by atoms with Crippen LogP contribution < -0.4 is 9.61 Å². The van der Waals surface area contributed by atoms with Gasteiger partial charge >= 0.3 is 4.87 Å². The molecular formula is C25H20N2O3S. The molecule has 4 rings (SSSR count). The van der Waals surface area contributed by atoms with Crippen molar-refractivity contribution in [2.24, 2.45) is 0 Å². The Labute approximate surface area is 183 Å². The molecule has 1 aromatic heterocycles. The number of aromatic nitrogens is 1. The van der Waals surface area contributed by atoms with E-state index in [1.807, 2.05) is 48.5 Å². The number of carbonyl (C=O) groups excluding carboxylic acids is 1. The molecule has 0 unspecified atom stereocenters. The van der Waals surface area contributed by atoms with Crippen LogP contribution in [0.1, 0.15) is 27.9 Å². The normalized spacial score (nSPS) is 10.7. The number of hydrogen-bond donors (Lipinski definition) is 0. The Balaban J connectivity index is 1.45. The molecule has 0 aliphatic heterocycles. The van der Waals surface area contributed by atoms with Gasteiger partial charge in [0.1, 0.15) is 12.4 Å². The lowest BCUT2D eigenvalue weighted by molar-refractivity contribution is 0.103. The van der Waals surface area contributed by atoms with Crippen LogP contribution in [0.15, 0.2) is 77.6 Å². The molecule has 5 nitrogen and oxygen atoms in total. The first-order chi connectivity index (χ1) is 15.2. The molecule has 0 bridgehead atoms. The Morgan fingerprint density at radius 2 is 1.77 bits per heavy atom. The zero-order chi connectivity index (χ0) is 21.6. The molecule has 0 N–H and O–H groups in total. The zero-order valence-electron chi connectivity index (χ0n) is 16.8. The van der Waals surface area contributed by atoms with E-state index in [9.17, 15) is 9.59 Å². The van der Waals surface area contributed by atoms with Gasteiger partial charge in [-0.3, -0.25) is 14.2 Å². The van der Waals surface area contributed by atoms with Gasteiger partial charge in [0, 0.05) is 17.5 Å². The first-order valence-electron chi connectivity index (χ1n) is 9.97. The quantitative estimate of drug-likeness (QED) is 0.377. The van der Waals surface area contributed by atoms with Crippen LogP contribution >= 0.6 is 11.3 Å². The molecule has 0 amide bonds. The van der Waals surface area contributed by atoms with Gasteiger partial charge in [-0.1, -0.05) is 53.8 Å². The van der Waals surface area contributed by atoms with E-state index in [4.69, 9.17) is 10.00 Å². The summed E-state index contributed by atoms with van der Waals surface area (Å²) in [6.45, 7) is 0.773. The predicted octanol–water partition coefficient (Wildman–Crippen LogP) is 4.83. The second kappa shape index (κ2) is 9.41. The highest BCUT2D eigenvalue weighted by atomic mass is 32.1. The average molecular weight is 429 g/mol. The fourth-order valence-electron chi connectivity index (χ4n) is 3.38. The topological polar surface area (TPSA) is 72.1 Å². The Morgan fingerprint density at radius 1 is 1.00 bits per heavy atom. The van der Waals surface area contributed by atoms with E-state index in [-0.39, 0.29) is 10.7 Å². The molecule has 154 valence electrons. The van der Waals surface area contributed by atoms with E-state index in [1.165, 1.54) is 0 Å². The number of rotatable bonds is 8. The van der Waals surface area contributed by atoms with Crippen LogP contribution in [0.4, 0.5) is 0 Å². The van der Waals surface area contributed by atoms with E-state index in [0.29, 0.717) is 30.7 Å². The van der Waals surface area contributed by atoms with Crippen molar-refractivity contribution in [1.82, 2.24) is 4.57 Å². The van der Waals surface area contributed by atoms with Crippen molar-refractivity contribution < 1.29 is 9.53 Å². The Bertz CT molecular complexity index is 1300. The molecule has 0 aliphatic carbocycles. The Morgan fingerprint density at radius 3 is 2.52 bits per heavy atom. The Kier molecular flexibility index (Phi) is 6.25. The number of nitrogens with zero attached hydrogens (tertiary/aromatic N) is 2. The fraction of sp³-hybridized carbons (Fsp3) is 0.160. The maximum absolute atomic E-state index is 12.7. The lowest BCUT2D eigenvalue weighted by atomic mass is 10.0. The van der Waals surface area contributed by atoms with E-state index in [0.717, 1.165) is 39.3 Å². The number of hydrogen-bond acceptors (Lipinski definition) is 5. The molecule has 1 heterocycles. The summed E-state index contributed by atoms with van der Waals surface area (Å²) in [7, 11) is 0. The number of thiazole rings is 1. The third-order valence-electron chi connectivity index (χ3n) is 5.00. The Hall–Kier alpha value is -3.69.